The van der Waals surface area contributed by atoms with Gasteiger partial charge in [0.1, 0.15) is 0 Å². The first-order valence-corrected chi connectivity index (χ1v) is 7.48. The van der Waals surface area contributed by atoms with Crippen LogP contribution in [-0.4, -0.2) is 85.2 Å². The van der Waals surface area contributed by atoms with Crippen LogP contribution in [0.15, 0.2) is 0 Å². The van der Waals surface area contributed by atoms with Crippen molar-refractivity contribution in [2.45, 2.75) is 19.3 Å². The van der Waals surface area contributed by atoms with Gasteiger partial charge >= 0.3 is 5.97 Å². The van der Waals surface area contributed by atoms with E-state index in [0.717, 1.165) is 19.0 Å². The minimum Gasteiger partial charge on any atom is -0.481 e. The van der Waals surface area contributed by atoms with Gasteiger partial charge in [0, 0.05) is 45.8 Å². The Morgan fingerprint density at radius 3 is 2.58 bits per heavy atom. The number of hydrogen-bond donors (Lipinski definition) is 1. The van der Waals surface area contributed by atoms with Crippen molar-refractivity contribution in [3.8, 4) is 0 Å². The van der Waals surface area contributed by atoms with E-state index < -0.39 is 5.97 Å². The number of carboxylic acids is 1. The molecule has 0 spiro atoms. The third-order valence-electron chi connectivity index (χ3n) is 4.36. The number of piperazine rings is 1. The molecule has 0 aliphatic carbocycles. The predicted molar refractivity (Wildman–Crippen MR) is 75.4 cm³/mol. The minimum atomic E-state index is -0.679. The molecule has 5 nitrogen and oxygen atoms in total. The SMILES string of the molecule is CN1CCN(CC2CCCN(CCC(=O)O)C2)CC1. The Bertz CT molecular complexity index is 290. The second-order valence-electron chi connectivity index (χ2n) is 6.06. The van der Waals surface area contributed by atoms with E-state index in [2.05, 4.69) is 21.7 Å². The molecule has 0 radical (unpaired) electrons. The van der Waals surface area contributed by atoms with Gasteiger partial charge in [-0.1, -0.05) is 0 Å². The highest BCUT2D eigenvalue weighted by atomic mass is 16.4. The van der Waals surface area contributed by atoms with Crippen LogP contribution < -0.4 is 0 Å². The zero-order valence-electron chi connectivity index (χ0n) is 12.1. The highest BCUT2D eigenvalue weighted by Gasteiger charge is 2.23. The molecular formula is C14H27N3O2. The monoisotopic (exact) mass is 269 g/mol. The molecule has 1 atom stereocenters. The van der Waals surface area contributed by atoms with Crippen molar-refractivity contribution in [1.29, 1.82) is 0 Å². The maximum absolute atomic E-state index is 10.6. The summed E-state index contributed by atoms with van der Waals surface area (Å²) in [5.74, 6) is 0.0483. The van der Waals surface area contributed by atoms with Gasteiger partial charge in [0.05, 0.1) is 6.42 Å². The summed E-state index contributed by atoms with van der Waals surface area (Å²) in [7, 11) is 2.19. The Morgan fingerprint density at radius 2 is 1.89 bits per heavy atom. The lowest BCUT2D eigenvalue weighted by atomic mass is 9.97. The summed E-state index contributed by atoms with van der Waals surface area (Å²) < 4.78 is 0. The van der Waals surface area contributed by atoms with Crippen LogP contribution in [0.5, 0.6) is 0 Å². The van der Waals surface area contributed by atoms with Crippen LogP contribution in [0.2, 0.25) is 0 Å². The number of likely N-dealkylation sites (N-methyl/N-ethyl adjacent to an activating group) is 1. The van der Waals surface area contributed by atoms with E-state index in [1.54, 1.807) is 0 Å². The highest BCUT2D eigenvalue weighted by Crippen LogP contribution is 2.18. The molecule has 0 aromatic heterocycles. The normalized spacial score (nSPS) is 27.5. The van der Waals surface area contributed by atoms with Gasteiger partial charge in [-0.05, 0) is 32.4 Å². The van der Waals surface area contributed by atoms with E-state index >= 15 is 0 Å². The first-order valence-electron chi connectivity index (χ1n) is 7.48. The third-order valence-corrected chi connectivity index (χ3v) is 4.36. The molecule has 2 saturated heterocycles. The molecule has 1 unspecified atom stereocenters. The highest BCUT2D eigenvalue weighted by molar-refractivity contribution is 5.66. The summed E-state index contributed by atoms with van der Waals surface area (Å²) in [6.45, 7) is 8.78. The first kappa shape index (κ1) is 14.8. The Hall–Kier alpha value is -0.650. The Morgan fingerprint density at radius 1 is 1.16 bits per heavy atom. The molecule has 2 rings (SSSR count). The van der Waals surface area contributed by atoms with Gasteiger partial charge in [-0.2, -0.15) is 0 Å². The summed E-state index contributed by atoms with van der Waals surface area (Å²) in [6, 6.07) is 0. The molecule has 0 bridgehead atoms. The standard InChI is InChI=1S/C14H27N3O2/c1-15-7-9-17(10-8-15)12-13-3-2-5-16(11-13)6-4-14(18)19/h13H,2-12H2,1H3,(H,18,19). The van der Waals surface area contributed by atoms with Crippen molar-refractivity contribution in [2.75, 3.05) is 59.4 Å². The number of rotatable bonds is 5. The van der Waals surface area contributed by atoms with Crippen LogP contribution in [0, 0.1) is 5.92 Å². The van der Waals surface area contributed by atoms with E-state index in [1.165, 1.54) is 45.6 Å². The van der Waals surface area contributed by atoms with Crippen LogP contribution in [0.1, 0.15) is 19.3 Å². The summed E-state index contributed by atoms with van der Waals surface area (Å²) in [5.41, 5.74) is 0. The lowest BCUT2D eigenvalue weighted by Crippen LogP contribution is -2.48. The maximum Gasteiger partial charge on any atom is 0.304 e. The fraction of sp³-hybridized carbons (Fsp3) is 0.929. The molecule has 2 heterocycles. The van der Waals surface area contributed by atoms with Crippen molar-refractivity contribution < 1.29 is 9.90 Å². The molecule has 2 fully saturated rings. The number of aliphatic carboxylic acids is 1. The van der Waals surface area contributed by atoms with E-state index in [-0.39, 0.29) is 6.42 Å². The van der Waals surface area contributed by atoms with Crippen molar-refractivity contribution in [3.05, 3.63) is 0 Å². The second-order valence-corrected chi connectivity index (χ2v) is 6.06. The quantitative estimate of drug-likeness (QED) is 0.784. The van der Waals surface area contributed by atoms with Gasteiger partial charge in [0.2, 0.25) is 0 Å². The van der Waals surface area contributed by atoms with Gasteiger partial charge < -0.3 is 19.8 Å². The maximum atomic E-state index is 10.6. The predicted octanol–water partition coefficient (Wildman–Crippen LogP) is 0.421. The number of piperidine rings is 1. The fourth-order valence-electron chi connectivity index (χ4n) is 3.15. The summed E-state index contributed by atoms with van der Waals surface area (Å²) in [5, 5.41) is 8.76. The Labute approximate surface area is 116 Å². The largest absolute Gasteiger partial charge is 0.481 e. The summed E-state index contributed by atoms with van der Waals surface area (Å²) >= 11 is 0. The van der Waals surface area contributed by atoms with Crippen molar-refractivity contribution in [1.82, 2.24) is 14.7 Å². The number of nitrogens with zero attached hydrogens (tertiary/aromatic N) is 3. The van der Waals surface area contributed by atoms with E-state index in [9.17, 15) is 4.79 Å². The van der Waals surface area contributed by atoms with Crippen molar-refractivity contribution >= 4 is 5.97 Å². The Kier molecular flexibility index (Phi) is 5.60. The summed E-state index contributed by atoms with van der Waals surface area (Å²) in [4.78, 5) is 17.9. The molecule has 0 amide bonds. The fourth-order valence-corrected chi connectivity index (χ4v) is 3.15. The van der Waals surface area contributed by atoms with Gasteiger partial charge in [-0.25, -0.2) is 0 Å². The summed E-state index contributed by atoms with van der Waals surface area (Å²) in [6.07, 6.45) is 2.80. The van der Waals surface area contributed by atoms with E-state index in [1.807, 2.05) is 0 Å². The molecular weight excluding hydrogens is 242 g/mol. The third kappa shape index (κ3) is 5.09. The van der Waals surface area contributed by atoms with Crippen LogP contribution in [0.3, 0.4) is 0 Å². The van der Waals surface area contributed by atoms with Crippen molar-refractivity contribution in [2.24, 2.45) is 5.92 Å². The number of likely N-dealkylation sites (tertiary alicyclic amines) is 1. The number of carboxylic acid groups (broad SMARTS) is 1. The van der Waals surface area contributed by atoms with E-state index in [0.29, 0.717) is 6.54 Å². The van der Waals surface area contributed by atoms with Gasteiger partial charge in [-0.15, -0.1) is 0 Å². The molecule has 19 heavy (non-hydrogen) atoms. The van der Waals surface area contributed by atoms with Crippen LogP contribution in [0.25, 0.3) is 0 Å². The van der Waals surface area contributed by atoms with E-state index in [4.69, 9.17) is 5.11 Å². The zero-order chi connectivity index (χ0) is 13.7. The van der Waals surface area contributed by atoms with Crippen LogP contribution in [-0.2, 0) is 4.79 Å². The second kappa shape index (κ2) is 7.22. The smallest absolute Gasteiger partial charge is 0.304 e. The van der Waals surface area contributed by atoms with Gasteiger partial charge in [0.15, 0.2) is 0 Å². The average molecular weight is 269 g/mol. The van der Waals surface area contributed by atoms with Gasteiger partial charge in [-0.3, -0.25) is 4.79 Å². The first-order chi connectivity index (χ1) is 9.13. The average Bonchev–Trinajstić information content (AvgIpc) is 2.40. The molecule has 0 aromatic rings. The molecule has 2 aliphatic heterocycles. The Balaban J connectivity index is 1.70. The lowest BCUT2D eigenvalue weighted by Gasteiger charge is -2.38. The number of carbonyl (C=O) groups is 1. The zero-order valence-corrected chi connectivity index (χ0v) is 12.1. The minimum absolute atomic E-state index is 0.279. The topological polar surface area (TPSA) is 47.0 Å². The molecule has 1 N–H and O–H groups in total. The molecule has 110 valence electrons. The molecule has 0 saturated carbocycles. The molecule has 2 aliphatic rings. The van der Waals surface area contributed by atoms with Crippen LogP contribution >= 0.6 is 0 Å². The number of hydrogen-bond acceptors (Lipinski definition) is 4. The van der Waals surface area contributed by atoms with Gasteiger partial charge in [0.25, 0.3) is 0 Å². The lowest BCUT2D eigenvalue weighted by molar-refractivity contribution is -0.137. The van der Waals surface area contributed by atoms with Crippen LogP contribution in [0.4, 0.5) is 0 Å². The van der Waals surface area contributed by atoms with Crippen molar-refractivity contribution in [3.63, 3.8) is 0 Å². The molecule has 0 aromatic carbocycles. The molecule has 5 heteroatoms.